The van der Waals surface area contributed by atoms with E-state index in [1.54, 1.807) is 0 Å². The van der Waals surface area contributed by atoms with Crippen molar-refractivity contribution in [2.24, 2.45) is 46.3 Å². The van der Waals surface area contributed by atoms with Crippen molar-refractivity contribution in [1.82, 2.24) is 0 Å². The normalized spacial score (nSPS) is 44.1. The summed E-state index contributed by atoms with van der Waals surface area (Å²) in [6.07, 6.45) is 15.9. The second-order valence-corrected chi connectivity index (χ2v) is 12.4. The van der Waals surface area contributed by atoms with Crippen molar-refractivity contribution in [2.45, 2.75) is 111 Å². The van der Waals surface area contributed by atoms with Crippen LogP contribution in [0.5, 0.6) is 0 Å². The number of nitro groups is 1. The molecule has 0 aromatic rings. The Hall–Kier alpha value is -0.860. The van der Waals surface area contributed by atoms with E-state index in [4.69, 9.17) is 0 Å². The number of nitrogens with zero attached hydrogens (tertiary/aromatic N) is 1. The lowest BCUT2D eigenvalue weighted by Gasteiger charge is -2.58. The fourth-order valence-electron chi connectivity index (χ4n) is 9.04. The third-order valence-corrected chi connectivity index (χ3v) is 10.5. The number of fused-ring (bicyclic) bond motifs is 5. The van der Waals surface area contributed by atoms with Crippen LogP contribution < -0.4 is 0 Å². The van der Waals surface area contributed by atoms with Crippen LogP contribution in [-0.4, -0.2) is 11.0 Å². The monoisotopic (exact) mass is 415 g/mol. The number of hydrogen-bond acceptors (Lipinski definition) is 2. The maximum Gasteiger partial charge on any atom is 0.234 e. The smallest absolute Gasteiger partial charge is 0.234 e. The fourth-order valence-corrected chi connectivity index (χ4v) is 9.04. The van der Waals surface area contributed by atoms with Gasteiger partial charge in [0, 0.05) is 16.9 Å². The van der Waals surface area contributed by atoms with Gasteiger partial charge in [-0.15, -0.1) is 0 Å². The molecule has 3 heteroatoms. The minimum atomic E-state index is -0.415. The molecule has 0 bridgehead atoms. The van der Waals surface area contributed by atoms with Crippen LogP contribution in [0.2, 0.25) is 0 Å². The van der Waals surface area contributed by atoms with Crippen LogP contribution in [0, 0.1) is 56.5 Å². The van der Waals surface area contributed by atoms with E-state index >= 15 is 0 Å². The summed E-state index contributed by atoms with van der Waals surface area (Å²) in [5.74, 6) is 4.36. The third-order valence-electron chi connectivity index (χ3n) is 10.5. The van der Waals surface area contributed by atoms with Crippen LogP contribution in [-0.2, 0) is 0 Å². The highest BCUT2D eigenvalue weighted by Crippen LogP contribution is 2.68. The Morgan fingerprint density at radius 1 is 1.10 bits per heavy atom. The van der Waals surface area contributed by atoms with Gasteiger partial charge in [-0.25, -0.2) is 0 Å². The van der Waals surface area contributed by atoms with Crippen LogP contribution in [0.1, 0.15) is 105 Å². The van der Waals surface area contributed by atoms with Gasteiger partial charge < -0.3 is 0 Å². The van der Waals surface area contributed by atoms with E-state index in [2.05, 4.69) is 40.7 Å². The lowest BCUT2D eigenvalue weighted by atomic mass is 9.45. The molecule has 3 saturated carbocycles. The summed E-state index contributed by atoms with van der Waals surface area (Å²) < 4.78 is 0. The van der Waals surface area contributed by atoms with Gasteiger partial charge in [0.25, 0.3) is 0 Å². The molecule has 0 aromatic heterocycles. The van der Waals surface area contributed by atoms with Crippen LogP contribution in [0.15, 0.2) is 11.6 Å². The van der Waals surface area contributed by atoms with Crippen molar-refractivity contribution in [1.29, 1.82) is 0 Å². The molecule has 0 aromatic carbocycles. The molecular formula is C27H45NO2. The van der Waals surface area contributed by atoms with Crippen molar-refractivity contribution >= 4 is 0 Å². The molecule has 0 unspecified atom stereocenters. The average Bonchev–Trinajstić information content (AvgIpc) is 3.03. The third kappa shape index (κ3) is 3.56. The van der Waals surface area contributed by atoms with Gasteiger partial charge >= 0.3 is 0 Å². The quantitative estimate of drug-likeness (QED) is 0.254. The molecule has 0 radical (unpaired) electrons. The van der Waals surface area contributed by atoms with Gasteiger partial charge in [0.15, 0.2) is 0 Å². The van der Waals surface area contributed by atoms with E-state index in [-0.39, 0.29) is 10.3 Å². The molecule has 8 atom stereocenters. The van der Waals surface area contributed by atoms with E-state index in [9.17, 15) is 10.1 Å². The largest absolute Gasteiger partial charge is 0.264 e. The molecule has 0 spiro atoms. The molecule has 0 N–H and O–H groups in total. The Labute approximate surface area is 184 Å². The van der Waals surface area contributed by atoms with Gasteiger partial charge in [-0.1, -0.05) is 60.0 Å². The zero-order valence-corrected chi connectivity index (χ0v) is 20.2. The van der Waals surface area contributed by atoms with Crippen LogP contribution in [0.25, 0.3) is 0 Å². The van der Waals surface area contributed by atoms with Gasteiger partial charge in [-0.3, -0.25) is 10.1 Å². The standard InChI is InChI=1S/C27H45NO2/c1-18(2)9-8-10-19(3)21-12-13-22-20-17-25(28(29)30)24-11-6-7-15-26(24,4)23(20)14-16-27(21,22)5/h11,18-23,25H,6-10,12-17H2,1-5H3/t19-,20-,21+,22-,23-,25+,26-,27-/m1/s1. The number of hydrogen-bond donors (Lipinski definition) is 0. The molecule has 0 amide bonds. The highest BCUT2D eigenvalue weighted by Gasteiger charge is 2.62. The summed E-state index contributed by atoms with van der Waals surface area (Å²) in [6, 6.07) is -0.415. The van der Waals surface area contributed by atoms with Crippen molar-refractivity contribution in [2.75, 3.05) is 0 Å². The topological polar surface area (TPSA) is 43.1 Å². The predicted octanol–water partition coefficient (Wildman–Crippen LogP) is 7.67. The first-order chi connectivity index (χ1) is 14.2. The summed E-state index contributed by atoms with van der Waals surface area (Å²) in [6.45, 7) is 12.2. The van der Waals surface area contributed by atoms with Gasteiger partial charge in [0.05, 0.1) is 0 Å². The Balaban J connectivity index is 1.56. The minimum Gasteiger partial charge on any atom is -0.264 e. The fraction of sp³-hybridized carbons (Fsp3) is 0.926. The van der Waals surface area contributed by atoms with Crippen LogP contribution >= 0.6 is 0 Å². The molecule has 0 aliphatic heterocycles. The Kier molecular flexibility index (Phi) is 6.14. The van der Waals surface area contributed by atoms with Crippen molar-refractivity contribution in [3.63, 3.8) is 0 Å². The predicted molar refractivity (Wildman–Crippen MR) is 124 cm³/mol. The molecular weight excluding hydrogens is 370 g/mol. The summed E-state index contributed by atoms with van der Waals surface area (Å²) in [5.41, 5.74) is 1.70. The lowest BCUT2D eigenvalue weighted by molar-refractivity contribution is -0.521. The first kappa shape index (κ1) is 22.3. The van der Waals surface area contributed by atoms with E-state index < -0.39 is 6.04 Å². The molecule has 4 rings (SSSR count). The zero-order chi connectivity index (χ0) is 21.7. The molecule has 170 valence electrons. The summed E-state index contributed by atoms with van der Waals surface area (Å²) >= 11 is 0. The van der Waals surface area contributed by atoms with E-state index in [1.807, 2.05) is 0 Å². The average molecular weight is 416 g/mol. The molecule has 30 heavy (non-hydrogen) atoms. The minimum absolute atomic E-state index is 0.0680. The van der Waals surface area contributed by atoms with Gasteiger partial charge in [-0.05, 0) is 91.3 Å². The molecule has 3 fully saturated rings. The first-order valence-corrected chi connectivity index (χ1v) is 13.0. The molecule has 3 nitrogen and oxygen atoms in total. The highest BCUT2D eigenvalue weighted by atomic mass is 16.6. The molecule has 4 aliphatic carbocycles. The first-order valence-electron chi connectivity index (χ1n) is 13.0. The number of rotatable bonds is 6. The summed E-state index contributed by atoms with van der Waals surface area (Å²) in [4.78, 5) is 12.2. The highest BCUT2D eigenvalue weighted by molar-refractivity contribution is 5.27. The van der Waals surface area contributed by atoms with Crippen LogP contribution in [0.4, 0.5) is 0 Å². The van der Waals surface area contributed by atoms with Crippen molar-refractivity contribution < 1.29 is 4.92 Å². The van der Waals surface area contributed by atoms with Crippen molar-refractivity contribution in [3.05, 3.63) is 21.8 Å². The second kappa shape index (κ2) is 8.24. The second-order valence-electron chi connectivity index (χ2n) is 12.4. The maximum atomic E-state index is 12.1. The van der Waals surface area contributed by atoms with Crippen molar-refractivity contribution in [3.8, 4) is 0 Å². The lowest BCUT2D eigenvalue weighted by Crippen LogP contribution is -2.55. The Morgan fingerprint density at radius 3 is 2.57 bits per heavy atom. The number of allylic oxidation sites excluding steroid dienone is 1. The Morgan fingerprint density at radius 2 is 1.87 bits per heavy atom. The Bertz CT molecular complexity index is 684. The maximum absolute atomic E-state index is 12.1. The van der Waals surface area contributed by atoms with Gasteiger partial charge in [0.2, 0.25) is 6.04 Å². The molecule has 0 heterocycles. The zero-order valence-electron chi connectivity index (χ0n) is 20.2. The van der Waals surface area contributed by atoms with Gasteiger partial charge in [-0.2, -0.15) is 0 Å². The summed E-state index contributed by atoms with van der Waals surface area (Å²) in [5, 5.41) is 12.1. The molecule has 4 aliphatic rings. The molecule has 0 saturated heterocycles. The SMILES string of the molecule is CC(C)CCC[C@@H](C)[C@@H]1CC[C@@H]2[C@H]3C[C@H]([N+](=O)[O-])C4=CCCC[C@]4(C)[C@@H]3CC[C@@]21C. The van der Waals surface area contributed by atoms with E-state index in [1.165, 1.54) is 63.4 Å². The van der Waals surface area contributed by atoms with E-state index in [0.29, 0.717) is 23.2 Å². The van der Waals surface area contributed by atoms with Gasteiger partial charge in [0.1, 0.15) is 0 Å². The van der Waals surface area contributed by atoms with E-state index in [0.717, 1.165) is 30.6 Å². The van der Waals surface area contributed by atoms with Crippen LogP contribution in [0.3, 0.4) is 0 Å². The summed E-state index contributed by atoms with van der Waals surface area (Å²) in [7, 11) is 0.